The van der Waals surface area contributed by atoms with E-state index in [9.17, 15) is 4.39 Å². The second kappa shape index (κ2) is 6.11. The smallest absolute Gasteiger partial charge is 0.135 e. The Morgan fingerprint density at radius 3 is 3.00 bits per heavy atom. The molecule has 1 saturated heterocycles. The molecule has 0 radical (unpaired) electrons. The zero-order valence-corrected chi connectivity index (χ0v) is 10.9. The van der Waals surface area contributed by atoms with E-state index < -0.39 is 5.82 Å². The fourth-order valence-corrected chi connectivity index (χ4v) is 2.32. The highest BCUT2D eigenvalue weighted by molar-refractivity contribution is 7.80. The summed E-state index contributed by atoms with van der Waals surface area (Å²) in [6.45, 7) is 1.46. The van der Waals surface area contributed by atoms with E-state index in [0.717, 1.165) is 19.4 Å². The van der Waals surface area contributed by atoms with Crippen LogP contribution in [0.15, 0.2) is 18.2 Å². The van der Waals surface area contributed by atoms with Gasteiger partial charge in [-0.15, -0.1) is 0 Å². The molecule has 5 heteroatoms. The molecule has 1 aliphatic rings. The lowest BCUT2D eigenvalue weighted by atomic mass is 10.1. The Hall–Kier alpha value is -1.20. The van der Waals surface area contributed by atoms with Crippen LogP contribution < -0.4 is 11.1 Å². The molecule has 0 bridgehead atoms. The van der Waals surface area contributed by atoms with Gasteiger partial charge in [0.15, 0.2) is 0 Å². The van der Waals surface area contributed by atoms with Gasteiger partial charge in [-0.25, -0.2) is 4.39 Å². The SMILES string of the molecule is NC(=S)c1c(F)cccc1NCC1CCCCO1. The molecule has 2 rings (SSSR count). The molecule has 0 aromatic heterocycles. The standard InChI is InChI=1S/C13H17FN2OS/c14-10-5-3-6-11(12(10)13(15)18)16-8-9-4-1-2-7-17-9/h3,5-6,9,16H,1-2,4,7-8H2,(H2,15,18). The monoisotopic (exact) mass is 268 g/mol. The third-order valence-electron chi connectivity index (χ3n) is 3.05. The lowest BCUT2D eigenvalue weighted by molar-refractivity contribution is 0.0247. The molecule has 1 fully saturated rings. The van der Waals surface area contributed by atoms with Crippen LogP contribution in [0.5, 0.6) is 0 Å². The predicted molar refractivity (Wildman–Crippen MR) is 74.4 cm³/mol. The van der Waals surface area contributed by atoms with Crippen molar-refractivity contribution in [1.29, 1.82) is 0 Å². The minimum atomic E-state index is -0.392. The van der Waals surface area contributed by atoms with Crippen molar-refractivity contribution in [1.82, 2.24) is 0 Å². The Bertz CT molecular complexity index is 433. The molecule has 0 saturated carbocycles. The van der Waals surface area contributed by atoms with E-state index in [-0.39, 0.29) is 16.7 Å². The van der Waals surface area contributed by atoms with Crippen molar-refractivity contribution in [2.45, 2.75) is 25.4 Å². The van der Waals surface area contributed by atoms with Crippen LogP contribution in [0.4, 0.5) is 10.1 Å². The second-order valence-corrected chi connectivity index (χ2v) is 4.84. The summed E-state index contributed by atoms with van der Waals surface area (Å²) >= 11 is 4.87. The van der Waals surface area contributed by atoms with Gasteiger partial charge in [-0.05, 0) is 31.4 Å². The summed E-state index contributed by atoms with van der Waals surface area (Å²) < 4.78 is 19.2. The highest BCUT2D eigenvalue weighted by atomic mass is 32.1. The Balaban J connectivity index is 2.04. The van der Waals surface area contributed by atoms with Crippen LogP contribution in [0.1, 0.15) is 24.8 Å². The summed E-state index contributed by atoms with van der Waals surface area (Å²) in [7, 11) is 0. The zero-order chi connectivity index (χ0) is 13.0. The number of benzene rings is 1. The molecule has 98 valence electrons. The first kappa shape index (κ1) is 13.2. The van der Waals surface area contributed by atoms with Crippen LogP contribution in [-0.4, -0.2) is 24.2 Å². The number of halogens is 1. The average molecular weight is 268 g/mol. The summed E-state index contributed by atoms with van der Waals surface area (Å²) in [5.41, 5.74) is 6.46. The van der Waals surface area contributed by atoms with Crippen LogP contribution in [-0.2, 0) is 4.74 Å². The first-order chi connectivity index (χ1) is 8.68. The molecule has 18 heavy (non-hydrogen) atoms. The summed E-state index contributed by atoms with van der Waals surface area (Å²) in [5.74, 6) is -0.392. The third-order valence-corrected chi connectivity index (χ3v) is 3.26. The number of thiocarbonyl (C=S) groups is 1. The minimum Gasteiger partial charge on any atom is -0.389 e. The Morgan fingerprint density at radius 2 is 2.33 bits per heavy atom. The van der Waals surface area contributed by atoms with Gasteiger partial charge in [0.1, 0.15) is 10.8 Å². The molecule has 0 spiro atoms. The molecule has 1 aliphatic heterocycles. The molecule has 3 nitrogen and oxygen atoms in total. The van der Waals surface area contributed by atoms with Gasteiger partial charge < -0.3 is 15.8 Å². The summed E-state index contributed by atoms with van der Waals surface area (Å²) in [6, 6.07) is 4.78. The Morgan fingerprint density at radius 1 is 1.50 bits per heavy atom. The van der Waals surface area contributed by atoms with E-state index in [1.165, 1.54) is 12.5 Å². The maximum Gasteiger partial charge on any atom is 0.135 e. The third kappa shape index (κ3) is 3.17. The van der Waals surface area contributed by atoms with Crippen LogP contribution in [0.25, 0.3) is 0 Å². The van der Waals surface area contributed by atoms with Crippen LogP contribution in [0.2, 0.25) is 0 Å². The molecule has 0 aliphatic carbocycles. The van der Waals surface area contributed by atoms with Gasteiger partial charge in [0.05, 0.1) is 11.7 Å². The molecule has 1 atom stereocenters. The van der Waals surface area contributed by atoms with E-state index in [1.54, 1.807) is 12.1 Å². The number of hydrogen-bond acceptors (Lipinski definition) is 3. The van der Waals surface area contributed by atoms with Gasteiger partial charge >= 0.3 is 0 Å². The second-order valence-electron chi connectivity index (χ2n) is 4.40. The lowest BCUT2D eigenvalue weighted by Gasteiger charge is -2.23. The van der Waals surface area contributed by atoms with Gasteiger partial charge in [0.2, 0.25) is 0 Å². The largest absolute Gasteiger partial charge is 0.389 e. The van der Waals surface area contributed by atoms with E-state index in [0.29, 0.717) is 12.2 Å². The lowest BCUT2D eigenvalue weighted by Crippen LogP contribution is -2.28. The van der Waals surface area contributed by atoms with Crippen molar-refractivity contribution < 1.29 is 9.13 Å². The zero-order valence-electron chi connectivity index (χ0n) is 10.1. The molecule has 1 heterocycles. The number of ether oxygens (including phenoxy) is 1. The maximum absolute atomic E-state index is 13.6. The normalized spacial score (nSPS) is 19.5. The van der Waals surface area contributed by atoms with Gasteiger partial charge in [-0.1, -0.05) is 18.3 Å². The summed E-state index contributed by atoms with van der Waals surface area (Å²) in [5, 5.41) is 3.17. The number of anilines is 1. The maximum atomic E-state index is 13.6. The van der Waals surface area contributed by atoms with Gasteiger partial charge in [-0.2, -0.15) is 0 Å². The molecule has 0 amide bonds. The first-order valence-corrected chi connectivity index (χ1v) is 6.53. The molecule has 3 N–H and O–H groups in total. The quantitative estimate of drug-likeness (QED) is 0.823. The fourth-order valence-electron chi connectivity index (χ4n) is 2.11. The summed E-state index contributed by atoms with van der Waals surface area (Å²) in [6.07, 6.45) is 3.51. The molecular formula is C13H17FN2OS. The number of nitrogens with one attached hydrogen (secondary N) is 1. The van der Waals surface area contributed by atoms with Crippen molar-refractivity contribution in [3.63, 3.8) is 0 Å². The van der Waals surface area contributed by atoms with Gasteiger partial charge in [0.25, 0.3) is 0 Å². The molecule has 1 aromatic carbocycles. The summed E-state index contributed by atoms with van der Waals surface area (Å²) in [4.78, 5) is 0.0696. The Kier molecular flexibility index (Phi) is 4.49. The molecule has 1 aromatic rings. The van der Waals surface area contributed by atoms with Crippen LogP contribution in [0, 0.1) is 5.82 Å². The van der Waals surface area contributed by atoms with Crippen molar-refractivity contribution in [2.24, 2.45) is 5.73 Å². The topological polar surface area (TPSA) is 47.3 Å². The van der Waals surface area contributed by atoms with Gasteiger partial charge in [-0.3, -0.25) is 0 Å². The number of nitrogens with two attached hydrogens (primary N) is 1. The number of rotatable bonds is 4. The Labute approximate surface area is 112 Å². The van der Waals surface area contributed by atoms with Crippen LogP contribution in [0.3, 0.4) is 0 Å². The fraction of sp³-hybridized carbons (Fsp3) is 0.462. The van der Waals surface area contributed by atoms with E-state index in [4.69, 9.17) is 22.7 Å². The average Bonchev–Trinajstić information content (AvgIpc) is 2.37. The molecular weight excluding hydrogens is 251 g/mol. The number of hydrogen-bond donors (Lipinski definition) is 2. The van der Waals surface area contributed by atoms with Crippen molar-refractivity contribution in [3.05, 3.63) is 29.6 Å². The predicted octanol–water partition coefficient (Wildman–Crippen LogP) is 2.44. The van der Waals surface area contributed by atoms with Crippen molar-refractivity contribution >= 4 is 22.9 Å². The van der Waals surface area contributed by atoms with E-state index in [2.05, 4.69) is 5.32 Å². The first-order valence-electron chi connectivity index (χ1n) is 6.12. The van der Waals surface area contributed by atoms with E-state index >= 15 is 0 Å². The van der Waals surface area contributed by atoms with Crippen molar-refractivity contribution in [3.8, 4) is 0 Å². The molecule has 1 unspecified atom stereocenters. The van der Waals surface area contributed by atoms with Gasteiger partial charge in [0, 0.05) is 18.8 Å². The highest BCUT2D eigenvalue weighted by Crippen LogP contribution is 2.20. The van der Waals surface area contributed by atoms with E-state index in [1.807, 2.05) is 0 Å². The minimum absolute atomic E-state index is 0.0696. The van der Waals surface area contributed by atoms with Crippen molar-refractivity contribution in [2.75, 3.05) is 18.5 Å². The highest BCUT2D eigenvalue weighted by Gasteiger charge is 2.15. The van der Waals surface area contributed by atoms with Crippen LogP contribution >= 0.6 is 12.2 Å².